The summed E-state index contributed by atoms with van der Waals surface area (Å²) in [5.74, 6) is -3.15. The lowest BCUT2D eigenvalue weighted by Gasteiger charge is -2.20. The molecular weight excluding hydrogens is 313 g/mol. The average Bonchev–Trinajstić information content (AvgIpc) is 2.70. The molecule has 2 heterocycles. The third kappa shape index (κ3) is 4.81. The molecule has 1 atom stereocenters. The zero-order valence-electron chi connectivity index (χ0n) is 10.8. The van der Waals surface area contributed by atoms with E-state index in [1.54, 1.807) is 13.2 Å². The van der Waals surface area contributed by atoms with Crippen molar-refractivity contribution in [1.82, 2.24) is 20.2 Å². The van der Waals surface area contributed by atoms with Gasteiger partial charge >= 0.3 is 0 Å². The SMILES string of the molecule is CN(Cc1cnccn1)C(=O)C1CC(F)(F)CN1.Cl.Cl. The van der Waals surface area contributed by atoms with Crippen molar-refractivity contribution in [2.45, 2.75) is 24.9 Å². The molecule has 1 aromatic heterocycles. The number of nitrogens with one attached hydrogen (secondary N) is 1. The Morgan fingerprint density at radius 2 is 2.20 bits per heavy atom. The molecule has 0 saturated carbocycles. The minimum absolute atomic E-state index is 0. The van der Waals surface area contributed by atoms with Gasteiger partial charge in [0.15, 0.2) is 0 Å². The minimum atomic E-state index is -2.80. The molecule has 0 aromatic carbocycles. The second-order valence-electron chi connectivity index (χ2n) is 4.38. The summed E-state index contributed by atoms with van der Waals surface area (Å²) >= 11 is 0. The molecule has 1 aliphatic heterocycles. The van der Waals surface area contributed by atoms with Gasteiger partial charge in [-0.15, -0.1) is 24.8 Å². The molecule has 1 unspecified atom stereocenters. The van der Waals surface area contributed by atoms with E-state index in [-0.39, 0.29) is 37.3 Å². The zero-order chi connectivity index (χ0) is 13.2. The summed E-state index contributed by atoms with van der Waals surface area (Å²) in [6.07, 6.45) is 4.15. The number of carbonyl (C=O) groups excluding carboxylic acids is 1. The molecule has 1 aromatic rings. The predicted octanol–water partition coefficient (Wildman–Crippen LogP) is 1.28. The summed E-state index contributed by atoms with van der Waals surface area (Å²) in [7, 11) is 1.56. The van der Waals surface area contributed by atoms with E-state index in [1.807, 2.05) is 0 Å². The van der Waals surface area contributed by atoms with Gasteiger partial charge in [0, 0.05) is 25.9 Å². The van der Waals surface area contributed by atoms with Crippen molar-refractivity contribution in [3.8, 4) is 0 Å². The molecule has 20 heavy (non-hydrogen) atoms. The largest absolute Gasteiger partial charge is 0.338 e. The second-order valence-corrected chi connectivity index (χ2v) is 4.38. The van der Waals surface area contributed by atoms with E-state index in [9.17, 15) is 13.6 Å². The fourth-order valence-electron chi connectivity index (χ4n) is 1.89. The number of aromatic nitrogens is 2. The second kappa shape index (κ2) is 7.66. The Hall–Kier alpha value is -1.05. The molecule has 5 nitrogen and oxygen atoms in total. The summed E-state index contributed by atoms with van der Waals surface area (Å²) in [4.78, 5) is 21.2. The first kappa shape index (κ1) is 18.9. The first-order valence-corrected chi connectivity index (χ1v) is 5.59. The molecule has 0 radical (unpaired) electrons. The Morgan fingerprint density at radius 1 is 1.50 bits per heavy atom. The molecular formula is C11H16Cl2F2N4O. The summed E-state index contributed by atoms with van der Waals surface area (Å²) in [6, 6.07) is -0.818. The maximum atomic E-state index is 13.0. The lowest BCUT2D eigenvalue weighted by molar-refractivity contribution is -0.133. The Labute approximate surface area is 128 Å². The maximum Gasteiger partial charge on any atom is 0.262 e. The van der Waals surface area contributed by atoms with Gasteiger partial charge in [-0.25, -0.2) is 8.78 Å². The predicted molar refractivity (Wildman–Crippen MR) is 74.4 cm³/mol. The topological polar surface area (TPSA) is 58.1 Å². The van der Waals surface area contributed by atoms with Crippen LogP contribution in [-0.4, -0.2) is 46.3 Å². The Morgan fingerprint density at radius 3 is 2.70 bits per heavy atom. The summed E-state index contributed by atoms with van der Waals surface area (Å²) < 4.78 is 26.0. The number of amides is 1. The van der Waals surface area contributed by atoms with Crippen LogP contribution in [0.1, 0.15) is 12.1 Å². The summed E-state index contributed by atoms with van der Waals surface area (Å²) in [6.45, 7) is -0.182. The number of hydrogen-bond acceptors (Lipinski definition) is 4. The van der Waals surface area contributed by atoms with Crippen molar-refractivity contribution >= 4 is 30.7 Å². The summed E-state index contributed by atoms with van der Waals surface area (Å²) in [5.41, 5.74) is 0.623. The molecule has 114 valence electrons. The first-order chi connectivity index (χ1) is 8.48. The van der Waals surface area contributed by atoms with Crippen molar-refractivity contribution in [3.05, 3.63) is 24.3 Å². The van der Waals surface area contributed by atoms with Crippen LogP contribution < -0.4 is 5.32 Å². The molecule has 1 N–H and O–H groups in total. The van der Waals surface area contributed by atoms with Crippen LogP contribution in [0.15, 0.2) is 18.6 Å². The molecule has 0 bridgehead atoms. The van der Waals surface area contributed by atoms with Crippen molar-refractivity contribution in [3.63, 3.8) is 0 Å². The first-order valence-electron chi connectivity index (χ1n) is 5.59. The van der Waals surface area contributed by atoms with E-state index in [1.165, 1.54) is 17.3 Å². The number of alkyl halides is 2. The van der Waals surface area contributed by atoms with Crippen molar-refractivity contribution in [1.29, 1.82) is 0 Å². The van der Waals surface area contributed by atoms with Gasteiger partial charge in [0.25, 0.3) is 5.92 Å². The quantitative estimate of drug-likeness (QED) is 0.908. The van der Waals surface area contributed by atoms with Crippen molar-refractivity contribution < 1.29 is 13.6 Å². The van der Waals surface area contributed by atoms with Gasteiger partial charge < -0.3 is 4.90 Å². The van der Waals surface area contributed by atoms with Gasteiger partial charge in [-0.1, -0.05) is 0 Å². The highest BCUT2D eigenvalue weighted by Gasteiger charge is 2.43. The van der Waals surface area contributed by atoms with Crippen molar-refractivity contribution in [2.24, 2.45) is 0 Å². The lowest BCUT2D eigenvalue weighted by atomic mass is 10.1. The van der Waals surface area contributed by atoms with Crippen LogP contribution in [0.4, 0.5) is 8.78 Å². The third-order valence-corrected chi connectivity index (χ3v) is 2.80. The molecule has 1 aliphatic rings. The molecule has 2 rings (SSSR count). The van der Waals surface area contributed by atoms with Crippen LogP contribution in [0.5, 0.6) is 0 Å². The van der Waals surface area contributed by atoms with E-state index >= 15 is 0 Å². The number of halogens is 4. The number of likely N-dealkylation sites (N-methyl/N-ethyl adjacent to an activating group) is 1. The molecule has 1 saturated heterocycles. The number of rotatable bonds is 3. The van der Waals surface area contributed by atoms with Crippen LogP contribution in [0.3, 0.4) is 0 Å². The zero-order valence-corrected chi connectivity index (χ0v) is 12.4. The highest BCUT2D eigenvalue weighted by Crippen LogP contribution is 2.25. The third-order valence-electron chi connectivity index (χ3n) is 2.80. The Kier molecular flexibility index (Phi) is 7.26. The van der Waals surface area contributed by atoms with Gasteiger partial charge in [-0.3, -0.25) is 20.1 Å². The average molecular weight is 329 g/mol. The smallest absolute Gasteiger partial charge is 0.262 e. The molecule has 0 aliphatic carbocycles. The van der Waals surface area contributed by atoms with E-state index in [4.69, 9.17) is 0 Å². The number of nitrogens with zero attached hydrogens (tertiary/aromatic N) is 3. The van der Waals surface area contributed by atoms with Gasteiger partial charge in [-0.2, -0.15) is 0 Å². The van der Waals surface area contributed by atoms with Gasteiger partial charge in [-0.05, 0) is 0 Å². The molecule has 1 fully saturated rings. The fourth-order valence-corrected chi connectivity index (χ4v) is 1.89. The standard InChI is InChI=1S/C11H14F2N4O.2ClH/c1-17(6-8-5-14-2-3-15-8)10(18)9-4-11(12,13)7-16-9;;/h2-3,5,9,16H,4,6-7H2,1H3;2*1H. The van der Waals surface area contributed by atoms with Gasteiger partial charge in [0.2, 0.25) is 5.91 Å². The van der Waals surface area contributed by atoms with E-state index in [2.05, 4.69) is 15.3 Å². The van der Waals surface area contributed by atoms with Gasteiger partial charge in [0.05, 0.1) is 31.0 Å². The van der Waals surface area contributed by atoms with Crippen LogP contribution in [0.2, 0.25) is 0 Å². The minimum Gasteiger partial charge on any atom is -0.338 e. The normalized spacial score (nSPS) is 19.6. The Balaban J connectivity index is 0.00000180. The van der Waals surface area contributed by atoms with Crippen molar-refractivity contribution in [2.75, 3.05) is 13.6 Å². The van der Waals surface area contributed by atoms with Crippen LogP contribution in [0.25, 0.3) is 0 Å². The highest BCUT2D eigenvalue weighted by molar-refractivity contribution is 5.85. The van der Waals surface area contributed by atoms with E-state index < -0.39 is 24.9 Å². The monoisotopic (exact) mass is 328 g/mol. The van der Waals surface area contributed by atoms with E-state index in [0.717, 1.165) is 0 Å². The van der Waals surface area contributed by atoms with Crippen LogP contribution >= 0.6 is 24.8 Å². The van der Waals surface area contributed by atoms with Crippen LogP contribution in [0, 0.1) is 0 Å². The number of carbonyl (C=O) groups is 1. The van der Waals surface area contributed by atoms with Gasteiger partial charge in [0.1, 0.15) is 0 Å². The lowest BCUT2D eigenvalue weighted by Crippen LogP contribution is -2.41. The molecule has 9 heteroatoms. The molecule has 1 amide bonds. The maximum absolute atomic E-state index is 13.0. The van der Waals surface area contributed by atoms with E-state index in [0.29, 0.717) is 5.69 Å². The number of hydrogen-bond donors (Lipinski definition) is 1. The fraction of sp³-hybridized carbons (Fsp3) is 0.545. The Bertz CT molecular complexity index is 436. The summed E-state index contributed by atoms with van der Waals surface area (Å²) in [5, 5.41) is 2.54. The highest BCUT2D eigenvalue weighted by atomic mass is 35.5. The molecule has 0 spiro atoms. The van der Waals surface area contributed by atoms with Crippen LogP contribution in [-0.2, 0) is 11.3 Å².